The molecule has 0 atom stereocenters. The van der Waals surface area contributed by atoms with Crippen molar-refractivity contribution in [1.82, 2.24) is 4.90 Å². The smallest absolute Gasteiger partial charge is 0.317 e. The maximum absolute atomic E-state index is 10.2. The summed E-state index contributed by atoms with van der Waals surface area (Å²) in [6.45, 7) is 0.181. The van der Waals surface area contributed by atoms with E-state index < -0.39 is 5.97 Å². The third-order valence-corrected chi connectivity index (χ3v) is 3.50. The quantitative estimate of drug-likeness (QED) is 0.676. The predicted octanol–water partition coefficient (Wildman–Crippen LogP) is 0.726. The minimum atomic E-state index is -0.733. The first-order valence-electron chi connectivity index (χ1n) is 2.88. The minimum Gasteiger partial charge on any atom is -0.480 e. The molecule has 1 heterocycles. The van der Waals surface area contributed by atoms with Gasteiger partial charge < -0.3 is 5.11 Å². The molecule has 1 aliphatic rings. The van der Waals surface area contributed by atoms with E-state index in [1.54, 1.807) is 23.5 Å². The van der Waals surface area contributed by atoms with Crippen molar-refractivity contribution in [1.29, 1.82) is 0 Å². The molecule has 0 saturated carbocycles. The summed E-state index contributed by atoms with van der Waals surface area (Å²) >= 11 is 3.54. The molecule has 1 aliphatic heterocycles. The Balaban J connectivity index is 2.19. The van der Waals surface area contributed by atoms with Gasteiger partial charge in [0.05, 0.1) is 6.54 Å². The molecule has 1 saturated heterocycles. The normalized spacial score (nSPS) is 20.8. The van der Waals surface area contributed by atoms with E-state index in [0.29, 0.717) is 0 Å². The molecule has 1 fully saturated rings. The fraction of sp³-hybridized carbons (Fsp3) is 0.800. The molecular formula is C5H9NO2S2. The van der Waals surface area contributed by atoms with Crippen molar-refractivity contribution in [3.63, 3.8) is 0 Å². The second-order valence-corrected chi connectivity index (χ2v) is 4.28. The van der Waals surface area contributed by atoms with E-state index in [4.69, 9.17) is 5.11 Å². The van der Waals surface area contributed by atoms with Gasteiger partial charge in [0.1, 0.15) is 0 Å². The molecule has 1 rings (SSSR count). The monoisotopic (exact) mass is 179 g/mol. The molecule has 5 heteroatoms. The molecule has 58 valence electrons. The first-order chi connectivity index (χ1) is 4.79. The van der Waals surface area contributed by atoms with E-state index in [2.05, 4.69) is 0 Å². The van der Waals surface area contributed by atoms with Crippen LogP contribution in [0.15, 0.2) is 0 Å². The Hall–Kier alpha value is 0.130. The van der Waals surface area contributed by atoms with Crippen molar-refractivity contribution < 1.29 is 9.90 Å². The fourth-order valence-electron chi connectivity index (χ4n) is 0.712. The predicted molar refractivity (Wildman–Crippen MR) is 44.1 cm³/mol. The van der Waals surface area contributed by atoms with Gasteiger partial charge in [0.2, 0.25) is 0 Å². The number of hydrogen-bond acceptors (Lipinski definition) is 4. The molecular weight excluding hydrogens is 170 g/mol. The minimum absolute atomic E-state index is 0.181. The zero-order chi connectivity index (χ0) is 7.40. The second kappa shape index (κ2) is 4.10. The van der Waals surface area contributed by atoms with E-state index in [9.17, 15) is 4.79 Å². The Kier molecular flexibility index (Phi) is 3.37. The molecule has 0 amide bonds. The highest BCUT2D eigenvalue weighted by molar-refractivity contribution is 8.16. The van der Waals surface area contributed by atoms with Crippen LogP contribution in [-0.4, -0.2) is 39.4 Å². The number of carbonyl (C=O) groups is 1. The van der Waals surface area contributed by atoms with Gasteiger partial charge in [0.15, 0.2) is 0 Å². The molecule has 0 unspecified atom stereocenters. The van der Waals surface area contributed by atoms with Crippen LogP contribution < -0.4 is 0 Å². The summed E-state index contributed by atoms with van der Waals surface area (Å²) < 4.78 is 0. The molecule has 0 aromatic rings. The van der Waals surface area contributed by atoms with Gasteiger partial charge in [-0.2, -0.15) is 0 Å². The fourth-order valence-corrected chi connectivity index (χ4v) is 2.78. The highest BCUT2D eigenvalue weighted by Gasteiger charge is 2.12. The van der Waals surface area contributed by atoms with Crippen LogP contribution in [0.4, 0.5) is 0 Å². The third kappa shape index (κ3) is 2.81. The van der Waals surface area contributed by atoms with Crippen molar-refractivity contribution >= 4 is 29.5 Å². The van der Waals surface area contributed by atoms with Gasteiger partial charge in [-0.1, -0.05) is 0 Å². The van der Waals surface area contributed by atoms with Crippen LogP contribution >= 0.6 is 23.5 Å². The summed E-state index contributed by atoms with van der Waals surface area (Å²) in [6, 6.07) is 0. The zero-order valence-electron chi connectivity index (χ0n) is 5.45. The highest BCUT2D eigenvalue weighted by atomic mass is 32.2. The van der Waals surface area contributed by atoms with E-state index in [0.717, 1.165) is 16.8 Å². The number of rotatable bonds is 2. The standard InChI is InChI=1S/C5H9NO2S2/c7-5(8)1-6-2-9-4-10-3-6/h1-4H2,(H,7,8). The second-order valence-electron chi connectivity index (χ2n) is 2.01. The van der Waals surface area contributed by atoms with Gasteiger partial charge in [-0.15, -0.1) is 23.5 Å². The zero-order valence-corrected chi connectivity index (χ0v) is 7.08. The lowest BCUT2D eigenvalue weighted by Crippen LogP contribution is -2.31. The molecule has 0 aromatic heterocycles. The van der Waals surface area contributed by atoms with Crippen molar-refractivity contribution in [2.24, 2.45) is 0 Å². The lowest BCUT2D eigenvalue weighted by atomic mass is 10.6. The summed E-state index contributed by atoms with van der Waals surface area (Å²) in [4.78, 5) is 12.1. The van der Waals surface area contributed by atoms with Gasteiger partial charge in [-0.25, -0.2) is 0 Å². The van der Waals surface area contributed by atoms with Crippen LogP contribution in [0.3, 0.4) is 0 Å². The summed E-state index contributed by atoms with van der Waals surface area (Å²) in [5.74, 6) is 0.988. The summed E-state index contributed by atoms with van der Waals surface area (Å²) in [5, 5.41) is 9.50. The van der Waals surface area contributed by atoms with Gasteiger partial charge in [-0.3, -0.25) is 9.69 Å². The first kappa shape index (κ1) is 8.23. The lowest BCUT2D eigenvalue weighted by Gasteiger charge is -2.23. The highest BCUT2D eigenvalue weighted by Crippen LogP contribution is 2.20. The van der Waals surface area contributed by atoms with E-state index in [1.807, 2.05) is 4.90 Å². The Morgan fingerprint density at radius 2 is 2.10 bits per heavy atom. The number of carboxylic acid groups (broad SMARTS) is 1. The van der Waals surface area contributed by atoms with Crippen LogP contribution in [0, 0.1) is 0 Å². The van der Waals surface area contributed by atoms with Crippen LogP contribution in [-0.2, 0) is 4.79 Å². The van der Waals surface area contributed by atoms with Crippen LogP contribution in [0.1, 0.15) is 0 Å². The molecule has 0 aliphatic carbocycles. The molecule has 0 aromatic carbocycles. The Labute approximate surface area is 68.2 Å². The van der Waals surface area contributed by atoms with Crippen LogP contribution in [0.5, 0.6) is 0 Å². The molecule has 3 nitrogen and oxygen atoms in total. The van der Waals surface area contributed by atoms with Gasteiger partial charge in [0, 0.05) is 16.8 Å². The molecule has 0 bridgehead atoms. The average Bonchev–Trinajstić information content (AvgIpc) is 1.88. The Morgan fingerprint density at radius 1 is 1.50 bits per heavy atom. The Bertz CT molecular complexity index is 125. The topological polar surface area (TPSA) is 40.5 Å². The van der Waals surface area contributed by atoms with Crippen LogP contribution in [0.25, 0.3) is 0 Å². The maximum atomic E-state index is 10.2. The number of aliphatic carboxylic acids is 1. The average molecular weight is 179 g/mol. The van der Waals surface area contributed by atoms with Crippen molar-refractivity contribution in [2.45, 2.75) is 0 Å². The third-order valence-electron chi connectivity index (χ3n) is 1.07. The molecule has 10 heavy (non-hydrogen) atoms. The number of hydrogen-bond donors (Lipinski definition) is 1. The Morgan fingerprint density at radius 3 is 2.60 bits per heavy atom. The summed E-state index contributed by atoms with van der Waals surface area (Å²) in [5.41, 5.74) is 0. The van der Waals surface area contributed by atoms with Crippen molar-refractivity contribution in [2.75, 3.05) is 23.4 Å². The van der Waals surface area contributed by atoms with Gasteiger partial charge in [-0.05, 0) is 0 Å². The molecule has 0 radical (unpaired) electrons. The van der Waals surface area contributed by atoms with Crippen molar-refractivity contribution in [3.05, 3.63) is 0 Å². The van der Waals surface area contributed by atoms with E-state index in [-0.39, 0.29) is 6.54 Å². The van der Waals surface area contributed by atoms with E-state index >= 15 is 0 Å². The van der Waals surface area contributed by atoms with Gasteiger partial charge in [0.25, 0.3) is 0 Å². The maximum Gasteiger partial charge on any atom is 0.317 e. The summed E-state index contributed by atoms with van der Waals surface area (Å²) in [6.07, 6.45) is 0. The number of nitrogens with zero attached hydrogens (tertiary/aromatic N) is 1. The van der Waals surface area contributed by atoms with Crippen LogP contribution in [0.2, 0.25) is 0 Å². The van der Waals surface area contributed by atoms with Gasteiger partial charge >= 0.3 is 5.97 Å². The molecule has 1 N–H and O–H groups in total. The first-order valence-corrected chi connectivity index (χ1v) is 5.19. The lowest BCUT2D eigenvalue weighted by molar-refractivity contribution is -0.137. The van der Waals surface area contributed by atoms with Crippen molar-refractivity contribution in [3.8, 4) is 0 Å². The van der Waals surface area contributed by atoms with E-state index in [1.165, 1.54) is 0 Å². The SMILES string of the molecule is O=C(O)CN1CSCSC1. The number of thioether (sulfide) groups is 2. The number of carboxylic acids is 1. The summed E-state index contributed by atoms with van der Waals surface area (Å²) in [7, 11) is 0. The largest absolute Gasteiger partial charge is 0.480 e. The molecule has 0 spiro atoms.